The van der Waals surface area contributed by atoms with Crippen molar-refractivity contribution >= 4 is 13.8 Å². The van der Waals surface area contributed by atoms with Crippen LogP contribution in [0.2, 0.25) is 0 Å². The van der Waals surface area contributed by atoms with Crippen LogP contribution in [0, 0.1) is 0 Å². The molecule has 0 aliphatic rings. The molecule has 0 bridgehead atoms. The van der Waals surface area contributed by atoms with Crippen LogP contribution < -0.4 is 4.89 Å². The van der Waals surface area contributed by atoms with Gasteiger partial charge >= 0.3 is 5.97 Å². The molecule has 2 atom stereocenters. The van der Waals surface area contributed by atoms with Crippen molar-refractivity contribution in [1.29, 1.82) is 0 Å². The summed E-state index contributed by atoms with van der Waals surface area (Å²) in [7, 11) is 1.37. The Morgan fingerprint density at radius 2 is 0.902 bits per heavy atom. The highest BCUT2D eigenvalue weighted by Crippen LogP contribution is 2.38. The molecule has 0 radical (unpaired) electrons. The van der Waals surface area contributed by atoms with Crippen LogP contribution in [0.4, 0.5) is 0 Å². The highest BCUT2D eigenvalue weighted by atomic mass is 31.2. The van der Waals surface area contributed by atoms with Gasteiger partial charge in [0.2, 0.25) is 0 Å². The molecule has 0 N–H and O–H groups in total. The van der Waals surface area contributed by atoms with Crippen LogP contribution in [0.25, 0.3) is 0 Å². The summed E-state index contributed by atoms with van der Waals surface area (Å²) in [5, 5.41) is 0. The van der Waals surface area contributed by atoms with Crippen LogP contribution in [0.5, 0.6) is 0 Å². The fourth-order valence-corrected chi connectivity index (χ4v) is 6.98. The molecule has 1 unspecified atom stereocenters. The van der Waals surface area contributed by atoms with Gasteiger partial charge in [0.15, 0.2) is 0 Å². The van der Waals surface area contributed by atoms with Gasteiger partial charge in [0.25, 0.3) is 7.82 Å². The summed E-state index contributed by atoms with van der Waals surface area (Å²) in [6, 6.07) is 0. The highest BCUT2D eigenvalue weighted by molar-refractivity contribution is 7.45. The van der Waals surface area contributed by atoms with E-state index in [1.54, 1.807) is 0 Å². The Hall–Kier alpha value is -0.500. The van der Waals surface area contributed by atoms with Gasteiger partial charge in [-0.3, -0.25) is 9.36 Å². The first kappa shape index (κ1) is 50.5. The number of esters is 1. The Bertz CT molecular complexity index is 792. The van der Waals surface area contributed by atoms with E-state index in [2.05, 4.69) is 13.8 Å². The summed E-state index contributed by atoms with van der Waals surface area (Å²) in [5.41, 5.74) is 0. The molecule has 0 aliphatic heterocycles. The molecule has 0 spiro atoms. The minimum absolute atomic E-state index is 0.0313. The molecule has 0 amide bonds. The number of nitrogens with zero attached hydrogens (tertiary/aromatic N) is 1. The Morgan fingerprint density at radius 3 is 1.29 bits per heavy atom. The predicted molar refractivity (Wildman–Crippen MR) is 213 cm³/mol. The van der Waals surface area contributed by atoms with E-state index in [0.29, 0.717) is 24.1 Å². The van der Waals surface area contributed by atoms with Gasteiger partial charge in [-0.15, -0.1) is 0 Å². The van der Waals surface area contributed by atoms with E-state index < -0.39 is 13.9 Å². The number of rotatable bonds is 41. The van der Waals surface area contributed by atoms with E-state index in [-0.39, 0.29) is 25.8 Å². The lowest BCUT2D eigenvalue weighted by Crippen LogP contribution is -2.37. The molecule has 51 heavy (non-hydrogen) atoms. The van der Waals surface area contributed by atoms with Gasteiger partial charge in [-0.25, -0.2) is 0 Å². The summed E-state index contributed by atoms with van der Waals surface area (Å²) in [6.07, 6.45) is 36.7. The zero-order chi connectivity index (χ0) is 37.7. The number of phosphoric acid groups is 1. The topological polar surface area (TPSA) is 94.1 Å². The molecule has 0 saturated heterocycles. The normalized spacial score (nSPS) is 13.8. The molecule has 0 heterocycles. The van der Waals surface area contributed by atoms with E-state index in [1.165, 1.54) is 154 Å². The third-order valence-corrected chi connectivity index (χ3v) is 10.6. The fraction of sp³-hybridized carbons (Fsp3) is 0.976. The summed E-state index contributed by atoms with van der Waals surface area (Å²) < 4.78 is 34.6. The molecule has 0 saturated carbocycles. The van der Waals surface area contributed by atoms with E-state index in [1.807, 2.05) is 21.1 Å². The van der Waals surface area contributed by atoms with Crippen molar-refractivity contribution in [3.8, 4) is 0 Å². The second-order valence-corrected chi connectivity index (χ2v) is 17.5. The first-order chi connectivity index (χ1) is 24.6. The van der Waals surface area contributed by atoms with Crippen LogP contribution in [0.1, 0.15) is 206 Å². The largest absolute Gasteiger partial charge is 0.756 e. The van der Waals surface area contributed by atoms with Crippen molar-refractivity contribution in [2.75, 3.05) is 54.1 Å². The molecule has 9 heteroatoms. The zero-order valence-electron chi connectivity index (χ0n) is 34.6. The smallest absolute Gasteiger partial charge is 0.306 e. The van der Waals surface area contributed by atoms with Gasteiger partial charge in [0, 0.05) is 13.0 Å². The maximum absolute atomic E-state index is 12.6. The molecule has 306 valence electrons. The average molecular weight is 748 g/mol. The van der Waals surface area contributed by atoms with Crippen molar-refractivity contribution in [3.63, 3.8) is 0 Å². The van der Waals surface area contributed by atoms with Gasteiger partial charge in [0.1, 0.15) is 19.3 Å². The van der Waals surface area contributed by atoms with Crippen molar-refractivity contribution in [2.24, 2.45) is 0 Å². The third kappa shape index (κ3) is 40.5. The predicted octanol–water partition coefficient (Wildman–Crippen LogP) is 11.9. The summed E-state index contributed by atoms with van der Waals surface area (Å²) in [6.45, 7) is 5.46. The number of quaternary nitrogens is 1. The number of carbonyl (C=O) groups excluding carboxylic acids is 1. The maximum atomic E-state index is 12.6. The van der Waals surface area contributed by atoms with Crippen LogP contribution in [-0.4, -0.2) is 70.7 Å². The molecule has 0 aromatic heterocycles. The van der Waals surface area contributed by atoms with Gasteiger partial charge in [0.05, 0.1) is 34.4 Å². The van der Waals surface area contributed by atoms with Crippen LogP contribution in [-0.2, 0) is 27.9 Å². The SMILES string of the molecule is CCCCCCCCCCCCCCCCCCOC[C@H](COP(=O)([O-])OCC[N+](C)(C)C)OC(=O)CCCCCCCCCCCCCCC. The summed E-state index contributed by atoms with van der Waals surface area (Å²) >= 11 is 0. The average Bonchev–Trinajstić information content (AvgIpc) is 3.08. The number of phosphoric ester groups is 1. The van der Waals surface area contributed by atoms with Crippen molar-refractivity contribution < 1.29 is 37.3 Å². The minimum Gasteiger partial charge on any atom is -0.756 e. The monoisotopic (exact) mass is 748 g/mol. The lowest BCUT2D eigenvalue weighted by atomic mass is 10.0. The third-order valence-electron chi connectivity index (χ3n) is 9.66. The van der Waals surface area contributed by atoms with Crippen LogP contribution in [0.3, 0.4) is 0 Å². The number of hydrogen-bond donors (Lipinski definition) is 0. The van der Waals surface area contributed by atoms with Crippen molar-refractivity contribution in [2.45, 2.75) is 213 Å². The first-order valence-electron chi connectivity index (χ1n) is 21.8. The number of hydrogen-bond acceptors (Lipinski definition) is 7. The molecule has 8 nitrogen and oxygen atoms in total. The molecular formula is C42H86NO7P. The minimum atomic E-state index is -4.51. The van der Waals surface area contributed by atoms with Gasteiger partial charge < -0.3 is 27.9 Å². The Labute approximate surface area is 317 Å². The van der Waals surface area contributed by atoms with Crippen LogP contribution in [0.15, 0.2) is 0 Å². The summed E-state index contributed by atoms with van der Waals surface area (Å²) in [4.78, 5) is 25.0. The summed E-state index contributed by atoms with van der Waals surface area (Å²) in [5.74, 6) is -0.329. The first-order valence-corrected chi connectivity index (χ1v) is 23.2. The second-order valence-electron chi connectivity index (χ2n) is 16.1. The van der Waals surface area contributed by atoms with Crippen LogP contribution >= 0.6 is 7.82 Å². The van der Waals surface area contributed by atoms with E-state index in [4.69, 9.17) is 18.5 Å². The number of ether oxygens (including phenoxy) is 2. The maximum Gasteiger partial charge on any atom is 0.306 e. The van der Waals surface area contributed by atoms with E-state index in [9.17, 15) is 14.3 Å². The van der Waals surface area contributed by atoms with Gasteiger partial charge in [-0.05, 0) is 12.8 Å². The number of unbranched alkanes of at least 4 members (excludes halogenated alkanes) is 27. The Morgan fingerprint density at radius 1 is 0.529 bits per heavy atom. The van der Waals surface area contributed by atoms with Crippen molar-refractivity contribution in [3.05, 3.63) is 0 Å². The number of carbonyl (C=O) groups is 1. The molecule has 0 fully saturated rings. The fourth-order valence-electron chi connectivity index (χ4n) is 6.25. The Balaban J connectivity index is 4.18. The molecule has 0 aromatic rings. The van der Waals surface area contributed by atoms with Gasteiger partial charge in [-0.1, -0.05) is 187 Å². The lowest BCUT2D eigenvalue weighted by Gasteiger charge is -2.28. The highest BCUT2D eigenvalue weighted by Gasteiger charge is 2.20. The van der Waals surface area contributed by atoms with Crippen molar-refractivity contribution in [1.82, 2.24) is 0 Å². The zero-order valence-corrected chi connectivity index (χ0v) is 35.5. The Kier molecular flexibility index (Phi) is 36.1. The molecule has 0 aromatic carbocycles. The second kappa shape index (κ2) is 36.5. The molecular weight excluding hydrogens is 661 g/mol. The van der Waals surface area contributed by atoms with E-state index in [0.717, 1.165) is 32.1 Å². The van der Waals surface area contributed by atoms with Gasteiger partial charge in [-0.2, -0.15) is 0 Å². The lowest BCUT2D eigenvalue weighted by molar-refractivity contribution is -0.870. The standard InChI is InChI=1S/C42H86NO7P/c1-6-8-10-12-14-16-18-20-21-22-24-26-28-30-32-34-37-47-39-41(40-49-51(45,46)48-38-36-43(3,4)5)50-42(44)35-33-31-29-27-25-23-19-17-15-13-11-9-7-2/h41H,6-40H2,1-5H3/t41-/m1/s1. The molecule has 0 rings (SSSR count). The number of likely N-dealkylation sites (N-methyl/N-ethyl adjacent to an activating group) is 1. The quantitative estimate of drug-likeness (QED) is 0.0266. The van der Waals surface area contributed by atoms with E-state index >= 15 is 0 Å². The molecule has 0 aliphatic carbocycles.